The lowest BCUT2D eigenvalue weighted by Crippen LogP contribution is -2.28. The highest BCUT2D eigenvalue weighted by Gasteiger charge is 2.47. The van der Waals surface area contributed by atoms with Crippen molar-refractivity contribution >= 4 is 40.7 Å². The highest BCUT2D eigenvalue weighted by atomic mass is 35.5. The van der Waals surface area contributed by atoms with Gasteiger partial charge in [-0.3, -0.25) is 9.59 Å². The molecule has 0 radical (unpaired) electrons. The van der Waals surface area contributed by atoms with Crippen molar-refractivity contribution in [1.82, 2.24) is 5.32 Å². The molecule has 1 aliphatic rings. The Kier molecular flexibility index (Phi) is 6.17. The maximum absolute atomic E-state index is 12.2. The summed E-state index contributed by atoms with van der Waals surface area (Å²) in [5.41, 5.74) is 1.80. The van der Waals surface area contributed by atoms with Crippen molar-refractivity contribution in [2.24, 2.45) is 11.8 Å². The number of nitrogens with one attached hydrogen (secondary N) is 2. The van der Waals surface area contributed by atoms with Crippen LogP contribution in [0.3, 0.4) is 0 Å². The largest absolute Gasteiger partial charge is 0.356 e. The van der Waals surface area contributed by atoms with Crippen LogP contribution < -0.4 is 10.6 Å². The first-order valence-electron chi connectivity index (χ1n) is 8.61. The fraction of sp³-hybridized carbons (Fsp3) is 0.300. The number of amides is 2. The van der Waals surface area contributed by atoms with Crippen LogP contribution in [0.5, 0.6) is 0 Å². The average Bonchev–Trinajstić information content (AvgIpc) is 3.39. The van der Waals surface area contributed by atoms with Crippen LogP contribution in [0, 0.1) is 11.8 Å². The normalized spacial score (nSPS) is 18.2. The van der Waals surface area contributed by atoms with Crippen LogP contribution in [-0.4, -0.2) is 18.4 Å². The van der Waals surface area contributed by atoms with Crippen LogP contribution in [0.1, 0.15) is 18.4 Å². The van der Waals surface area contributed by atoms with Gasteiger partial charge in [-0.2, -0.15) is 0 Å². The Bertz CT molecular complexity index is 775. The fourth-order valence-corrected chi connectivity index (χ4v) is 3.44. The quantitative estimate of drug-likeness (QED) is 0.691. The van der Waals surface area contributed by atoms with Crippen molar-refractivity contribution in [2.45, 2.75) is 19.3 Å². The molecule has 0 heterocycles. The Morgan fingerprint density at radius 2 is 1.62 bits per heavy atom. The fourth-order valence-electron chi connectivity index (χ4n) is 2.92. The summed E-state index contributed by atoms with van der Waals surface area (Å²) >= 11 is 11.8. The molecule has 1 saturated carbocycles. The summed E-state index contributed by atoms with van der Waals surface area (Å²) < 4.78 is 0. The van der Waals surface area contributed by atoms with Crippen molar-refractivity contribution in [3.63, 3.8) is 0 Å². The van der Waals surface area contributed by atoms with E-state index >= 15 is 0 Å². The van der Waals surface area contributed by atoms with Crippen LogP contribution in [0.25, 0.3) is 0 Å². The molecule has 0 bridgehead atoms. The first-order valence-corrected chi connectivity index (χ1v) is 9.37. The predicted octanol–water partition coefficient (Wildman–Crippen LogP) is 4.32. The van der Waals surface area contributed by atoms with E-state index in [0.29, 0.717) is 28.7 Å². The van der Waals surface area contributed by atoms with Crippen LogP contribution in [0.4, 0.5) is 5.69 Å². The first kappa shape index (κ1) is 18.7. The third-order valence-corrected chi connectivity index (χ3v) is 4.81. The molecule has 2 aromatic carbocycles. The Hall–Kier alpha value is -2.04. The molecule has 4 nitrogen and oxygen atoms in total. The molecular formula is C20H20Cl2N2O2. The number of rotatable bonds is 7. The maximum Gasteiger partial charge on any atom is 0.228 e. The van der Waals surface area contributed by atoms with Crippen molar-refractivity contribution in [2.75, 3.05) is 11.9 Å². The smallest absolute Gasteiger partial charge is 0.228 e. The minimum Gasteiger partial charge on any atom is -0.356 e. The molecule has 0 aliphatic heterocycles. The number of hydrogen-bond donors (Lipinski definition) is 2. The number of benzene rings is 2. The van der Waals surface area contributed by atoms with E-state index in [1.165, 1.54) is 5.56 Å². The van der Waals surface area contributed by atoms with E-state index < -0.39 is 0 Å². The van der Waals surface area contributed by atoms with Gasteiger partial charge in [0, 0.05) is 22.3 Å². The van der Waals surface area contributed by atoms with Gasteiger partial charge in [0.2, 0.25) is 11.8 Å². The molecule has 2 unspecified atom stereocenters. The second-order valence-electron chi connectivity index (χ2n) is 6.48. The minimum absolute atomic E-state index is 0.0534. The van der Waals surface area contributed by atoms with Gasteiger partial charge in [-0.25, -0.2) is 0 Å². The molecule has 2 aromatic rings. The van der Waals surface area contributed by atoms with Gasteiger partial charge in [0.05, 0.1) is 11.8 Å². The monoisotopic (exact) mass is 390 g/mol. The van der Waals surface area contributed by atoms with E-state index in [1.54, 1.807) is 18.2 Å². The molecule has 2 atom stereocenters. The van der Waals surface area contributed by atoms with Gasteiger partial charge >= 0.3 is 0 Å². The standard InChI is InChI=1S/C20H20Cl2N2O2/c21-14-9-15(22)11-16(10-14)24-20(26)18-12-17(18)19(25)23-8-4-7-13-5-2-1-3-6-13/h1-3,5-6,9-11,17-18H,4,7-8,12H2,(H,23,25)(H,24,26). The Morgan fingerprint density at radius 3 is 2.31 bits per heavy atom. The topological polar surface area (TPSA) is 58.2 Å². The molecule has 2 amide bonds. The van der Waals surface area contributed by atoms with Gasteiger partial charge < -0.3 is 10.6 Å². The van der Waals surface area contributed by atoms with Crippen molar-refractivity contribution < 1.29 is 9.59 Å². The van der Waals surface area contributed by atoms with Crippen molar-refractivity contribution in [3.8, 4) is 0 Å². The SMILES string of the molecule is O=C(NCCCc1ccccc1)C1CC1C(=O)Nc1cc(Cl)cc(Cl)c1. The molecule has 3 rings (SSSR count). The number of carbonyl (C=O) groups is 2. The molecule has 136 valence electrons. The zero-order valence-electron chi connectivity index (χ0n) is 14.2. The molecule has 0 spiro atoms. The molecule has 6 heteroatoms. The molecule has 26 heavy (non-hydrogen) atoms. The van der Waals surface area contributed by atoms with E-state index in [1.807, 2.05) is 18.2 Å². The lowest BCUT2D eigenvalue weighted by atomic mass is 10.1. The summed E-state index contributed by atoms with van der Waals surface area (Å²) in [4.78, 5) is 24.4. The summed E-state index contributed by atoms with van der Waals surface area (Å²) in [6.45, 7) is 0.614. The Morgan fingerprint density at radius 1 is 0.962 bits per heavy atom. The van der Waals surface area contributed by atoms with E-state index in [4.69, 9.17) is 23.2 Å². The molecular weight excluding hydrogens is 371 g/mol. The van der Waals surface area contributed by atoms with Gasteiger partial charge in [0.25, 0.3) is 0 Å². The van der Waals surface area contributed by atoms with Crippen molar-refractivity contribution in [3.05, 3.63) is 64.1 Å². The van der Waals surface area contributed by atoms with Gasteiger partial charge in [0.1, 0.15) is 0 Å². The predicted molar refractivity (Wildman–Crippen MR) is 104 cm³/mol. The summed E-state index contributed by atoms with van der Waals surface area (Å²) in [7, 11) is 0. The lowest BCUT2D eigenvalue weighted by molar-refractivity contribution is -0.125. The second-order valence-corrected chi connectivity index (χ2v) is 7.35. The number of carbonyl (C=O) groups excluding carboxylic acids is 2. The maximum atomic E-state index is 12.2. The van der Waals surface area contributed by atoms with Crippen LogP contribution in [0.2, 0.25) is 10.0 Å². The summed E-state index contributed by atoms with van der Waals surface area (Å²) in [5, 5.41) is 6.60. The Balaban J connectivity index is 1.40. The lowest BCUT2D eigenvalue weighted by Gasteiger charge is -2.07. The van der Waals surface area contributed by atoms with E-state index in [2.05, 4.69) is 22.8 Å². The average molecular weight is 391 g/mol. The third kappa shape index (κ3) is 5.23. The minimum atomic E-state index is -0.290. The molecule has 1 aliphatic carbocycles. The summed E-state index contributed by atoms with van der Waals surface area (Å²) in [6, 6.07) is 15.0. The number of anilines is 1. The highest BCUT2D eigenvalue weighted by molar-refractivity contribution is 6.35. The van der Waals surface area contributed by atoms with E-state index in [9.17, 15) is 9.59 Å². The molecule has 1 fully saturated rings. The summed E-state index contributed by atoms with van der Waals surface area (Å²) in [6.07, 6.45) is 2.37. The third-order valence-electron chi connectivity index (χ3n) is 4.38. The zero-order valence-corrected chi connectivity index (χ0v) is 15.7. The number of hydrogen-bond acceptors (Lipinski definition) is 2. The first-order chi connectivity index (χ1) is 12.5. The van der Waals surface area contributed by atoms with Gasteiger partial charge in [-0.15, -0.1) is 0 Å². The van der Waals surface area contributed by atoms with Gasteiger partial charge in [-0.05, 0) is 43.0 Å². The van der Waals surface area contributed by atoms with Crippen molar-refractivity contribution in [1.29, 1.82) is 0 Å². The van der Waals surface area contributed by atoms with E-state index in [0.717, 1.165) is 12.8 Å². The molecule has 0 saturated heterocycles. The number of halogens is 2. The molecule has 2 N–H and O–H groups in total. The van der Waals surface area contributed by atoms with Crippen LogP contribution >= 0.6 is 23.2 Å². The van der Waals surface area contributed by atoms with Crippen LogP contribution in [-0.2, 0) is 16.0 Å². The Labute approximate surface area is 162 Å². The zero-order chi connectivity index (χ0) is 18.5. The highest BCUT2D eigenvalue weighted by Crippen LogP contribution is 2.39. The van der Waals surface area contributed by atoms with E-state index in [-0.39, 0.29) is 23.7 Å². The second kappa shape index (κ2) is 8.56. The van der Waals surface area contributed by atoms with Gasteiger partial charge in [0.15, 0.2) is 0 Å². The van der Waals surface area contributed by atoms with Gasteiger partial charge in [-0.1, -0.05) is 53.5 Å². The number of aryl methyl sites for hydroxylation is 1. The summed E-state index contributed by atoms with van der Waals surface area (Å²) in [5.74, 6) is -0.765. The van der Waals surface area contributed by atoms with Crippen LogP contribution in [0.15, 0.2) is 48.5 Å². The molecule has 0 aromatic heterocycles.